The van der Waals surface area contributed by atoms with Crippen LogP contribution in [0.1, 0.15) is 50.5 Å². The van der Waals surface area contributed by atoms with Gasteiger partial charge in [0.2, 0.25) is 0 Å². The fourth-order valence-corrected chi connectivity index (χ4v) is 6.23. The Morgan fingerprint density at radius 3 is 2.88 bits per heavy atom. The molecule has 33 heavy (non-hydrogen) atoms. The van der Waals surface area contributed by atoms with Crippen molar-refractivity contribution in [2.75, 3.05) is 18.0 Å². The van der Waals surface area contributed by atoms with Gasteiger partial charge in [-0.15, -0.1) is 11.3 Å². The SMILES string of the molecule is CC(=O)C[C@@H]1CCN(c2cc(Oc3ccc4nc(C[C@@H]5CCCC[C@H]5O)sc4c3)ccn2)C1. The van der Waals surface area contributed by atoms with Crippen molar-refractivity contribution in [2.45, 2.75) is 58.0 Å². The molecule has 3 heterocycles. The van der Waals surface area contributed by atoms with Gasteiger partial charge in [-0.05, 0) is 56.2 Å². The number of fused-ring (bicyclic) bond motifs is 1. The zero-order valence-electron chi connectivity index (χ0n) is 19.1. The van der Waals surface area contributed by atoms with Crippen LogP contribution in [-0.4, -0.2) is 40.1 Å². The number of ketones is 1. The van der Waals surface area contributed by atoms with Crippen molar-refractivity contribution in [2.24, 2.45) is 11.8 Å². The van der Waals surface area contributed by atoms with Gasteiger partial charge in [0.05, 0.1) is 21.3 Å². The highest BCUT2D eigenvalue weighted by molar-refractivity contribution is 7.18. The normalized spacial score (nSPS) is 23.2. The van der Waals surface area contributed by atoms with E-state index in [0.717, 1.165) is 77.7 Å². The number of nitrogens with zero attached hydrogens (tertiary/aromatic N) is 3. The number of Topliss-reactive ketones (excluding diaryl/α,β-unsaturated/α-hetero) is 1. The summed E-state index contributed by atoms with van der Waals surface area (Å²) < 4.78 is 7.28. The fourth-order valence-electron chi connectivity index (χ4n) is 5.14. The molecule has 0 spiro atoms. The summed E-state index contributed by atoms with van der Waals surface area (Å²) in [5, 5.41) is 11.4. The van der Waals surface area contributed by atoms with Crippen LogP contribution in [0.5, 0.6) is 11.5 Å². The number of benzene rings is 1. The molecule has 0 bridgehead atoms. The first kappa shape index (κ1) is 22.3. The third-order valence-corrected chi connectivity index (χ3v) is 7.89. The van der Waals surface area contributed by atoms with E-state index in [4.69, 9.17) is 9.72 Å². The maximum absolute atomic E-state index is 11.4. The summed E-state index contributed by atoms with van der Waals surface area (Å²) >= 11 is 1.70. The summed E-state index contributed by atoms with van der Waals surface area (Å²) in [4.78, 5) is 23.0. The molecule has 0 amide bonds. The maximum atomic E-state index is 11.4. The second-order valence-corrected chi connectivity index (χ2v) is 10.6. The molecule has 0 unspecified atom stereocenters. The van der Waals surface area contributed by atoms with Crippen molar-refractivity contribution in [3.8, 4) is 11.5 Å². The number of ether oxygens (including phenoxy) is 1. The first-order valence-electron chi connectivity index (χ1n) is 12.0. The van der Waals surface area contributed by atoms with Gasteiger partial charge in [-0.2, -0.15) is 0 Å². The van der Waals surface area contributed by atoms with Crippen LogP contribution in [0.3, 0.4) is 0 Å². The molecule has 174 valence electrons. The van der Waals surface area contributed by atoms with E-state index in [1.54, 1.807) is 24.5 Å². The Balaban J connectivity index is 1.26. The Bertz CT molecular complexity index is 1130. The van der Waals surface area contributed by atoms with Crippen molar-refractivity contribution >= 4 is 33.2 Å². The van der Waals surface area contributed by atoms with E-state index < -0.39 is 0 Å². The molecule has 6 nitrogen and oxygen atoms in total. The molecule has 1 N–H and O–H groups in total. The van der Waals surface area contributed by atoms with Gasteiger partial charge in [0.25, 0.3) is 0 Å². The minimum Gasteiger partial charge on any atom is -0.457 e. The Morgan fingerprint density at radius 2 is 2.03 bits per heavy atom. The van der Waals surface area contributed by atoms with Crippen LogP contribution in [0.25, 0.3) is 10.2 Å². The van der Waals surface area contributed by atoms with E-state index in [1.807, 2.05) is 30.3 Å². The minimum absolute atomic E-state index is 0.195. The zero-order chi connectivity index (χ0) is 22.8. The highest BCUT2D eigenvalue weighted by atomic mass is 32.1. The Kier molecular flexibility index (Phi) is 6.60. The molecular formula is C26H31N3O3S. The number of hydrogen-bond donors (Lipinski definition) is 1. The number of carbonyl (C=O) groups excluding carboxylic acids is 1. The third-order valence-electron chi connectivity index (χ3n) is 6.85. The topological polar surface area (TPSA) is 75.6 Å². The highest BCUT2D eigenvalue weighted by Gasteiger charge is 2.25. The van der Waals surface area contributed by atoms with Crippen molar-refractivity contribution < 1.29 is 14.6 Å². The van der Waals surface area contributed by atoms with E-state index in [2.05, 4.69) is 9.88 Å². The lowest BCUT2D eigenvalue weighted by Gasteiger charge is -2.26. The molecule has 2 aromatic heterocycles. The number of carbonyl (C=O) groups is 1. The molecule has 1 saturated carbocycles. The van der Waals surface area contributed by atoms with Gasteiger partial charge in [0, 0.05) is 44.3 Å². The molecular weight excluding hydrogens is 434 g/mol. The standard InChI is InChI=1S/C26H31N3O3S/c1-17(30)12-18-9-11-29(16-18)25-15-21(8-10-27-25)32-20-6-7-22-24(14-20)33-26(28-22)13-19-4-2-3-5-23(19)31/h6-8,10,14-15,18-19,23,31H,2-5,9,11-13,16H2,1H3/t18-,19-,23+/m0/s1. The quantitative estimate of drug-likeness (QED) is 0.505. The van der Waals surface area contributed by atoms with E-state index >= 15 is 0 Å². The number of hydrogen-bond acceptors (Lipinski definition) is 7. The fraction of sp³-hybridized carbons (Fsp3) is 0.500. The molecule has 2 aliphatic rings. The molecule has 0 radical (unpaired) electrons. The smallest absolute Gasteiger partial charge is 0.132 e. The molecule has 1 aliphatic heterocycles. The van der Waals surface area contributed by atoms with Crippen molar-refractivity contribution in [1.29, 1.82) is 0 Å². The monoisotopic (exact) mass is 465 g/mol. The molecule has 1 saturated heterocycles. The lowest BCUT2D eigenvalue weighted by atomic mass is 9.84. The van der Waals surface area contributed by atoms with E-state index in [0.29, 0.717) is 18.3 Å². The summed E-state index contributed by atoms with van der Waals surface area (Å²) in [6.07, 6.45) is 8.43. The number of pyridine rings is 1. The average Bonchev–Trinajstić information content (AvgIpc) is 3.41. The van der Waals surface area contributed by atoms with Gasteiger partial charge in [-0.25, -0.2) is 9.97 Å². The van der Waals surface area contributed by atoms with Crippen molar-refractivity contribution in [3.05, 3.63) is 41.5 Å². The van der Waals surface area contributed by atoms with Gasteiger partial charge < -0.3 is 19.5 Å². The summed E-state index contributed by atoms with van der Waals surface area (Å²) in [5.74, 6) is 3.42. The van der Waals surface area contributed by atoms with Crippen LogP contribution >= 0.6 is 11.3 Å². The minimum atomic E-state index is -0.195. The summed E-state index contributed by atoms with van der Waals surface area (Å²) in [6, 6.07) is 9.87. The molecule has 2 fully saturated rings. The van der Waals surface area contributed by atoms with Gasteiger partial charge in [-0.1, -0.05) is 12.8 Å². The largest absolute Gasteiger partial charge is 0.457 e. The highest BCUT2D eigenvalue weighted by Crippen LogP contribution is 2.34. The maximum Gasteiger partial charge on any atom is 0.132 e. The number of aliphatic hydroxyl groups excluding tert-OH is 1. The molecule has 3 aromatic rings. The predicted octanol–water partition coefficient (Wildman–Crippen LogP) is 5.38. The van der Waals surface area contributed by atoms with E-state index in [1.165, 1.54) is 6.42 Å². The number of rotatable bonds is 7. The average molecular weight is 466 g/mol. The Hall–Kier alpha value is -2.51. The molecule has 3 atom stereocenters. The Labute approximate surface area is 198 Å². The lowest BCUT2D eigenvalue weighted by molar-refractivity contribution is -0.117. The van der Waals surface area contributed by atoms with Crippen LogP contribution in [0, 0.1) is 11.8 Å². The van der Waals surface area contributed by atoms with Gasteiger partial charge in [-0.3, -0.25) is 0 Å². The molecule has 1 aliphatic carbocycles. The first-order chi connectivity index (χ1) is 16.0. The Morgan fingerprint density at radius 1 is 1.18 bits per heavy atom. The van der Waals surface area contributed by atoms with Crippen LogP contribution in [0.15, 0.2) is 36.5 Å². The summed E-state index contributed by atoms with van der Waals surface area (Å²) in [6.45, 7) is 3.44. The van der Waals surface area contributed by atoms with Gasteiger partial charge in [0.1, 0.15) is 23.1 Å². The number of aliphatic hydroxyl groups is 1. The third kappa shape index (κ3) is 5.36. The molecule has 7 heteroatoms. The molecule has 5 rings (SSSR count). The van der Waals surface area contributed by atoms with Crippen LogP contribution < -0.4 is 9.64 Å². The summed E-state index contributed by atoms with van der Waals surface area (Å²) in [7, 11) is 0. The van der Waals surface area contributed by atoms with Gasteiger partial charge in [0.15, 0.2) is 0 Å². The van der Waals surface area contributed by atoms with Crippen LogP contribution in [0.4, 0.5) is 5.82 Å². The predicted molar refractivity (Wildman–Crippen MR) is 131 cm³/mol. The van der Waals surface area contributed by atoms with Crippen molar-refractivity contribution in [1.82, 2.24) is 9.97 Å². The first-order valence-corrected chi connectivity index (χ1v) is 12.8. The van der Waals surface area contributed by atoms with Crippen LogP contribution in [-0.2, 0) is 11.2 Å². The summed E-state index contributed by atoms with van der Waals surface area (Å²) in [5.41, 5.74) is 0.983. The second kappa shape index (κ2) is 9.77. The zero-order valence-corrected chi connectivity index (χ0v) is 19.9. The second-order valence-electron chi connectivity index (χ2n) is 9.51. The van der Waals surface area contributed by atoms with Crippen molar-refractivity contribution in [3.63, 3.8) is 0 Å². The molecule has 1 aromatic carbocycles. The lowest BCUT2D eigenvalue weighted by Crippen LogP contribution is -2.26. The number of thiazole rings is 1. The van der Waals surface area contributed by atoms with E-state index in [9.17, 15) is 9.90 Å². The van der Waals surface area contributed by atoms with E-state index in [-0.39, 0.29) is 11.9 Å². The van der Waals surface area contributed by atoms with Gasteiger partial charge >= 0.3 is 0 Å². The van der Waals surface area contributed by atoms with Crippen LogP contribution in [0.2, 0.25) is 0 Å². The number of aromatic nitrogens is 2. The number of anilines is 1.